The van der Waals surface area contributed by atoms with Crippen LogP contribution in [0.3, 0.4) is 0 Å². The summed E-state index contributed by atoms with van der Waals surface area (Å²) in [5, 5.41) is 2.76. The normalized spacial score (nSPS) is 15.8. The Morgan fingerprint density at radius 2 is 1.89 bits per heavy atom. The fraction of sp³-hybridized carbons (Fsp3) is 0.350. The van der Waals surface area contributed by atoms with Crippen molar-refractivity contribution >= 4 is 11.6 Å². The number of amides is 1. The molecule has 0 spiro atoms. The monoisotopic (exact) mass is 374 g/mol. The van der Waals surface area contributed by atoms with Crippen molar-refractivity contribution in [3.05, 3.63) is 48.3 Å². The fourth-order valence-electron chi connectivity index (χ4n) is 3.03. The van der Waals surface area contributed by atoms with Crippen LogP contribution in [0.25, 0.3) is 0 Å². The maximum Gasteiger partial charge on any atom is 0.232 e. The maximum atomic E-state index is 14.5. The highest BCUT2D eigenvalue weighted by Crippen LogP contribution is 2.34. The smallest absolute Gasteiger partial charge is 0.232 e. The Bertz CT molecular complexity index is 806. The number of ether oxygens (including phenoxy) is 3. The highest BCUT2D eigenvalue weighted by molar-refractivity contribution is 5.95. The third-order valence-corrected chi connectivity index (χ3v) is 4.80. The van der Waals surface area contributed by atoms with Crippen LogP contribution in [0.2, 0.25) is 0 Å². The zero-order chi connectivity index (χ0) is 19.3. The second-order valence-electron chi connectivity index (χ2n) is 6.45. The van der Waals surface area contributed by atoms with Crippen LogP contribution in [0.4, 0.5) is 10.1 Å². The summed E-state index contributed by atoms with van der Waals surface area (Å²) in [5.41, 5.74) is 5.51. The summed E-state index contributed by atoms with van der Waals surface area (Å²) < 4.78 is 30.6. The molecule has 0 aromatic heterocycles. The summed E-state index contributed by atoms with van der Waals surface area (Å²) in [5.74, 6) is 0.134. The first kappa shape index (κ1) is 19.1. The third-order valence-electron chi connectivity index (χ3n) is 4.80. The van der Waals surface area contributed by atoms with E-state index in [0.29, 0.717) is 43.2 Å². The quantitative estimate of drug-likeness (QED) is 0.810. The Labute approximate surface area is 157 Å². The Hall–Kier alpha value is -2.64. The highest BCUT2D eigenvalue weighted by Gasteiger charge is 2.38. The van der Waals surface area contributed by atoms with Crippen LogP contribution in [0.15, 0.2) is 42.5 Å². The lowest BCUT2D eigenvalue weighted by atomic mass is 9.79. The van der Waals surface area contributed by atoms with Gasteiger partial charge >= 0.3 is 0 Å². The Kier molecular flexibility index (Phi) is 5.93. The van der Waals surface area contributed by atoms with E-state index in [0.717, 1.165) is 0 Å². The van der Waals surface area contributed by atoms with E-state index < -0.39 is 11.2 Å². The van der Waals surface area contributed by atoms with E-state index in [2.05, 4.69) is 5.32 Å². The molecule has 1 fully saturated rings. The first-order valence-corrected chi connectivity index (χ1v) is 8.78. The van der Waals surface area contributed by atoms with Crippen molar-refractivity contribution in [2.45, 2.75) is 12.8 Å². The van der Waals surface area contributed by atoms with Crippen LogP contribution in [0.1, 0.15) is 12.8 Å². The summed E-state index contributed by atoms with van der Waals surface area (Å²) in [6, 6.07) is 11.3. The van der Waals surface area contributed by atoms with Crippen LogP contribution in [0.5, 0.6) is 17.2 Å². The minimum atomic E-state index is -0.679. The van der Waals surface area contributed by atoms with Crippen molar-refractivity contribution in [1.82, 2.24) is 0 Å². The molecule has 0 atom stereocenters. The van der Waals surface area contributed by atoms with Gasteiger partial charge in [-0.15, -0.1) is 0 Å². The Morgan fingerprint density at radius 3 is 2.52 bits per heavy atom. The van der Waals surface area contributed by atoms with E-state index in [9.17, 15) is 9.18 Å². The molecule has 3 N–H and O–H groups in total. The number of carbonyl (C=O) groups excluding carboxylic acids is 1. The molecular formula is C20H23FN2O4. The minimum absolute atomic E-state index is 0.0390. The van der Waals surface area contributed by atoms with Crippen LogP contribution >= 0.6 is 0 Å². The minimum Gasteiger partial charge on any atom is -0.493 e. The number of hydrogen-bond acceptors (Lipinski definition) is 5. The molecule has 0 bridgehead atoms. The number of hydrogen-bond donors (Lipinski definition) is 2. The van der Waals surface area contributed by atoms with Gasteiger partial charge in [0.15, 0.2) is 23.1 Å². The lowest BCUT2D eigenvalue weighted by Crippen LogP contribution is -2.46. The number of nitrogens with two attached hydrogens (primary N) is 1. The zero-order valence-corrected chi connectivity index (χ0v) is 15.2. The van der Waals surface area contributed by atoms with Crippen LogP contribution in [-0.2, 0) is 9.53 Å². The number of nitrogens with one attached hydrogen (secondary N) is 1. The van der Waals surface area contributed by atoms with Gasteiger partial charge in [0.1, 0.15) is 0 Å². The van der Waals surface area contributed by atoms with Crippen molar-refractivity contribution in [2.75, 3.05) is 32.2 Å². The molecule has 0 saturated carbocycles. The molecule has 2 aromatic rings. The van der Waals surface area contributed by atoms with E-state index in [4.69, 9.17) is 19.9 Å². The molecule has 0 radical (unpaired) electrons. The number of carbonyl (C=O) groups is 1. The average molecular weight is 374 g/mol. The van der Waals surface area contributed by atoms with Crippen LogP contribution in [-0.4, -0.2) is 32.8 Å². The van der Waals surface area contributed by atoms with Gasteiger partial charge in [-0.05, 0) is 37.1 Å². The zero-order valence-electron chi connectivity index (χ0n) is 15.2. The number of anilines is 1. The van der Waals surface area contributed by atoms with Crippen molar-refractivity contribution in [3.8, 4) is 17.2 Å². The first-order chi connectivity index (χ1) is 13.1. The lowest BCUT2D eigenvalue weighted by molar-refractivity contribution is -0.130. The predicted octanol–water partition coefficient (Wildman–Crippen LogP) is 3.32. The standard InChI is InChI=1S/C20H23FN2O4/c1-25-17-4-2-3-5-18(17)27-16-7-6-14(12-15(16)21)23-19(24)20(13-22)8-10-26-11-9-20/h2-7,12H,8-11,13,22H2,1H3,(H,23,24). The second-order valence-corrected chi connectivity index (χ2v) is 6.45. The number of methoxy groups -OCH3 is 1. The molecule has 27 heavy (non-hydrogen) atoms. The number of rotatable bonds is 6. The summed E-state index contributed by atoms with van der Waals surface area (Å²) >= 11 is 0. The predicted molar refractivity (Wildman–Crippen MR) is 99.6 cm³/mol. The van der Waals surface area contributed by atoms with Gasteiger partial charge in [-0.3, -0.25) is 4.79 Å². The van der Waals surface area contributed by atoms with Gasteiger partial charge < -0.3 is 25.3 Å². The Morgan fingerprint density at radius 1 is 1.19 bits per heavy atom. The molecule has 1 aliphatic heterocycles. The largest absolute Gasteiger partial charge is 0.493 e. The molecule has 7 heteroatoms. The molecule has 6 nitrogen and oxygen atoms in total. The molecule has 1 amide bonds. The number of benzene rings is 2. The van der Waals surface area contributed by atoms with Crippen molar-refractivity contribution in [3.63, 3.8) is 0 Å². The van der Waals surface area contributed by atoms with Gasteiger partial charge in [0.25, 0.3) is 0 Å². The van der Waals surface area contributed by atoms with Gasteiger partial charge in [-0.25, -0.2) is 4.39 Å². The first-order valence-electron chi connectivity index (χ1n) is 8.78. The molecule has 0 aliphatic carbocycles. The fourth-order valence-corrected chi connectivity index (χ4v) is 3.03. The second kappa shape index (κ2) is 8.37. The van der Waals surface area contributed by atoms with E-state index >= 15 is 0 Å². The summed E-state index contributed by atoms with van der Waals surface area (Å²) in [7, 11) is 1.51. The highest BCUT2D eigenvalue weighted by atomic mass is 19.1. The van der Waals surface area contributed by atoms with Gasteiger partial charge in [-0.1, -0.05) is 12.1 Å². The van der Waals surface area contributed by atoms with Crippen molar-refractivity contribution in [2.24, 2.45) is 11.1 Å². The summed E-state index contributed by atoms with van der Waals surface area (Å²) in [6.45, 7) is 1.20. The van der Waals surface area contributed by atoms with E-state index in [1.165, 1.54) is 19.2 Å². The molecule has 3 rings (SSSR count). The van der Waals surface area contributed by atoms with E-state index in [-0.39, 0.29) is 18.2 Å². The SMILES string of the molecule is COc1ccccc1Oc1ccc(NC(=O)C2(CN)CCOCC2)cc1F. The topological polar surface area (TPSA) is 82.8 Å². The van der Waals surface area contributed by atoms with Gasteiger partial charge in [-0.2, -0.15) is 0 Å². The van der Waals surface area contributed by atoms with E-state index in [1.807, 2.05) is 0 Å². The van der Waals surface area contributed by atoms with Crippen LogP contribution < -0.4 is 20.5 Å². The molecule has 1 heterocycles. The Balaban J connectivity index is 1.74. The molecule has 2 aromatic carbocycles. The third kappa shape index (κ3) is 4.20. The number of halogens is 1. The maximum absolute atomic E-state index is 14.5. The summed E-state index contributed by atoms with van der Waals surface area (Å²) in [6.07, 6.45) is 1.10. The van der Waals surface area contributed by atoms with Gasteiger partial charge in [0.2, 0.25) is 5.91 Å². The van der Waals surface area contributed by atoms with Gasteiger partial charge in [0.05, 0.1) is 12.5 Å². The number of para-hydroxylation sites is 2. The van der Waals surface area contributed by atoms with Crippen molar-refractivity contribution < 1.29 is 23.4 Å². The lowest BCUT2D eigenvalue weighted by Gasteiger charge is -2.34. The van der Waals surface area contributed by atoms with Gasteiger partial charge in [0, 0.05) is 31.5 Å². The molecule has 1 aliphatic rings. The summed E-state index contributed by atoms with van der Waals surface area (Å²) in [4.78, 5) is 12.7. The van der Waals surface area contributed by atoms with Crippen LogP contribution in [0, 0.1) is 11.2 Å². The molecular weight excluding hydrogens is 351 g/mol. The molecule has 0 unspecified atom stereocenters. The van der Waals surface area contributed by atoms with E-state index in [1.54, 1.807) is 30.3 Å². The molecule has 1 saturated heterocycles. The van der Waals surface area contributed by atoms with Crippen molar-refractivity contribution in [1.29, 1.82) is 0 Å². The average Bonchev–Trinajstić information content (AvgIpc) is 2.70. The molecule has 144 valence electrons.